The number of hydrogen-bond acceptors (Lipinski definition) is 1. The molecular formula is C29H50O. The molecule has 1 N–H and O–H groups in total. The van der Waals surface area contributed by atoms with Gasteiger partial charge in [-0.2, -0.15) is 0 Å². The van der Waals surface area contributed by atoms with Crippen LogP contribution < -0.4 is 0 Å². The molecule has 172 valence electrons. The largest absolute Gasteiger partial charge is 0.393 e. The van der Waals surface area contributed by atoms with E-state index in [2.05, 4.69) is 54.5 Å². The molecule has 4 aliphatic carbocycles. The second-order valence-corrected chi connectivity index (χ2v) is 13.6. The third kappa shape index (κ3) is 3.54. The molecule has 0 aromatic rings. The van der Waals surface area contributed by atoms with E-state index >= 15 is 0 Å². The lowest BCUT2D eigenvalue weighted by atomic mass is 9.44. The Balaban J connectivity index is 1.57. The Hall–Kier alpha value is -0.300. The lowest BCUT2D eigenvalue weighted by Crippen LogP contribution is -2.53. The van der Waals surface area contributed by atoms with Crippen molar-refractivity contribution in [3.05, 3.63) is 11.6 Å². The molecule has 0 radical (unpaired) electrons. The van der Waals surface area contributed by atoms with Crippen LogP contribution in [0.5, 0.6) is 0 Å². The number of allylic oxidation sites excluding steroid dienone is 2. The molecule has 3 fully saturated rings. The predicted molar refractivity (Wildman–Crippen MR) is 128 cm³/mol. The maximum absolute atomic E-state index is 11.4. The smallest absolute Gasteiger partial charge is 0.0579 e. The van der Waals surface area contributed by atoms with Crippen LogP contribution in [0.25, 0.3) is 0 Å². The number of aliphatic hydroxyl groups excluding tert-OH is 1. The lowest BCUT2D eigenvalue weighted by molar-refractivity contribution is -0.0825. The third-order valence-electron chi connectivity index (χ3n) is 10.9. The minimum absolute atomic E-state index is 0.0736. The molecule has 4 aliphatic rings. The van der Waals surface area contributed by atoms with Gasteiger partial charge in [0.25, 0.3) is 0 Å². The van der Waals surface area contributed by atoms with Gasteiger partial charge in [0.1, 0.15) is 0 Å². The van der Waals surface area contributed by atoms with Crippen LogP contribution in [-0.4, -0.2) is 11.2 Å². The Kier molecular flexibility index (Phi) is 6.05. The Morgan fingerprint density at radius 3 is 2.47 bits per heavy atom. The molecule has 0 unspecified atom stereocenters. The topological polar surface area (TPSA) is 20.2 Å². The zero-order chi connectivity index (χ0) is 21.9. The summed E-state index contributed by atoms with van der Waals surface area (Å²) in [6, 6.07) is 0. The van der Waals surface area contributed by atoms with E-state index in [0.29, 0.717) is 34.0 Å². The van der Waals surface area contributed by atoms with Crippen LogP contribution >= 0.6 is 0 Å². The van der Waals surface area contributed by atoms with E-state index in [4.69, 9.17) is 0 Å². The second-order valence-electron chi connectivity index (χ2n) is 13.6. The van der Waals surface area contributed by atoms with Crippen LogP contribution in [0, 0.1) is 51.8 Å². The molecule has 4 rings (SSSR count). The highest BCUT2D eigenvalue weighted by molar-refractivity contribution is 5.30. The number of hydrogen-bond donors (Lipinski definition) is 1. The maximum Gasteiger partial charge on any atom is 0.0579 e. The predicted octanol–water partition coefficient (Wildman–Crippen LogP) is 8.02. The van der Waals surface area contributed by atoms with Crippen molar-refractivity contribution in [2.24, 2.45) is 51.8 Å². The van der Waals surface area contributed by atoms with Gasteiger partial charge in [0.05, 0.1) is 6.10 Å². The molecule has 0 aromatic heterocycles. The lowest BCUT2D eigenvalue weighted by Gasteiger charge is -2.60. The maximum atomic E-state index is 11.4. The van der Waals surface area contributed by atoms with Crippen molar-refractivity contribution in [3.8, 4) is 0 Å². The Morgan fingerprint density at radius 1 is 1.03 bits per heavy atom. The van der Waals surface area contributed by atoms with E-state index in [1.165, 1.54) is 57.8 Å². The SMILES string of the molecule is CC(C)CCC[C@@H](C)[C@H]1C[C@H](O)[C@H]2[C@@H]3CC=C4C(C)(C)CCC[C@]4(C)[C@H]3CC[C@@]21C. The van der Waals surface area contributed by atoms with Crippen LogP contribution in [-0.2, 0) is 0 Å². The summed E-state index contributed by atoms with van der Waals surface area (Å²) < 4.78 is 0. The average molecular weight is 415 g/mol. The number of rotatable bonds is 5. The summed E-state index contributed by atoms with van der Waals surface area (Å²) in [6.07, 6.45) is 15.8. The summed E-state index contributed by atoms with van der Waals surface area (Å²) in [5.74, 6) is 4.30. The van der Waals surface area contributed by atoms with Crippen molar-refractivity contribution in [2.45, 2.75) is 119 Å². The van der Waals surface area contributed by atoms with Crippen molar-refractivity contribution >= 4 is 0 Å². The Labute approximate surface area is 187 Å². The summed E-state index contributed by atoms with van der Waals surface area (Å²) in [6.45, 7) is 17.4. The van der Waals surface area contributed by atoms with Gasteiger partial charge in [-0.1, -0.05) is 85.8 Å². The van der Waals surface area contributed by atoms with Gasteiger partial charge in [-0.15, -0.1) is 0 Å². The summed E-state index contributed by atoms with van der Waals surface area (Å²) in [7, 11) is 0. The Morgan fingerprint density at radius 2 is 1.77 bits per heavy atom. The van der Waals surface area contributed by atoms with Crippen LogP contribution in [0.4, 0.5) is 0 Å². The monoisotopic (exact) mass is 414 g/mol. The first-order valence-electron chi connectivity index (χ1n) is 13.4. The molecule has 0 bridgehead atoms. The van der Waals surface area contributed by atoms with Gasteiger partial charge in [0.2, 0.25) is 0 Å². The van der Waals surface area contributed by atoms with Crippen LogP contribution in [0.2, 0.25) is 0 Å². The van der Waals surface area contributed by atoms with E-state index in [1.807, 2.05) is 0 Å². The first-order valence-corrected chi connectivity index (χ1v) is 13.4. The molecule has 3 saturated carbocycles. The van der Waals surface area contributed by atoms with E-state index in [1.54, 1.807) is 5.57 Å². The van der Waals surface area contributed by atoms with E-state index in [-0.39, 0.29) is 6.10 Å². The van der Waals surface area contributed by atoms with E-state index in [9.17, 15) is 5.11 Å². The minimum atomic E-state index is -0.0736. The average Bonchev–Trinajstić information content (AvgIpc) is 2.91. The standard InChI is InChI=1S/C29H50O/c1-19(2)10-8-11-20(3)23-18-24(30)26-21-12-13-25-27(4,5)15-9-16-28(25,6)22(21)14-17-29(23,26)7/h13,19-24,26,30H,8-12,14-18H2,1-7H3/t20-,21-,22+,23-,24+,26-,28-,29-/m1/s1. The summed E-state index contributed by atoms with van der Waals surface area (Å²) in [5.41, 5.74) is 2.88. The van der Waals surface area contributed by atoms with Gasteiger partial charge in [0.15, 0.2) is 0 Å². The van der Waals surface area contributed by atoms with Gasteiger partial charge in [0, 0.05) is 0 Å². The first kappa shape index (κ1) is 22.9. The summed E-state index contributed by atoms with van der Waals surface area (Å²) in [4.78, 5) is 0. The zero-order valence-electron chi connectivity index (χ0n) is 21.1. The quantitative estimate of drug-likeness (QED) is 0.451. The van der Waals surface area contributed by atoms with Crippen molar-refractivity contribution in [2.75, 3.05) is 0 Å². The minimum Gasteiger partial charge on any atom is -0.393 e. The van der Waals surface area contributed by atoms with Gasteiger partial charge < -0.3 is 5.11 Å². The molecular weight excluding hydrogens is 364 g/mol. The fourth-order valence-corrected chi connectivity index (χ4v) is 9.54. The molecule has 1 nitrogen and oxygen atoms in total. The normalized spacial score (nSPS) is 46.0. The fraction of sp³-hybridized carbons (Fsp3) is 0.931. The van der Waals surface area contributed by atoms with Crippen LogP contribution in [0.15, 0.2) is 11.6 Å². The fourth-order valence-electron chi connectivity index (χ4n) is 9.54. The van der Waals surface area contributed by atoms with Crippen molar-refractivity contribution < 1.29 is 5.11 Å². The van der Waals surface area contributed by atoms with Crippen LogP contribution in [0.3, 0.4) is 0 Å². The van der Waals surface area contributed by atoms with Gasteiger partial charge >= 0.3 is 0 Å². The van der Waals surface area contributed by atoms with Crippen LogP contribution in [0.1, 0.15) is 113 Å². The molecule has 0 spiro atoms. The molecule has 1 heteroatoms. The van der Waals surface area contributed by atoms with E-state index < -0.39 is 0 Å². The number of fused-ring (bicyclic) bond motifs is 5. The summed E-state index contributed by atoms with van der Waals surface area (Å²) in [5, 5.41) is 11.4. The number of aliphatic hydroxyl groups is 1. The van der Waals surface area contributed by atoms with Crippen molar-refractivity contribution in [1.29, 1.82) is 0 Å². The molecule has 0 aliphatic heterocycles. The highest BCUT2D eigenvalue weighted by Crippen LogP contribution is 2.68. The van der Waals surface area contributed by atoms with Gasteiger partial charge in [-0.05, 0) is 90.3 Å². The first-order chi connectivity index (χ1) is 14.0. The van der Waals surface area contributed by atoms with Gasteiger partial charge in [-0.3, -0.25) is 0 Å². The molecule has 0 saturated heterocycles. The molecule has 30 heavy (non-hydrogen) atoms. The Bertz CT molecular complexity index is 659. The highest BCUT2D eigenvalue weighted by Gasteiger charge is 2.62. The van der Waals surface area contributed by atoms with Crippen molar-refractivity contribution in [1.82, 2.24) is 0 Å². The molecule has 8 atom stereocenters. The molecule has 0 amide bonds. The van der Waals surface area contributed by atoms with Crippen molar-refractivity contribution in [3.63, 3.8) is 0 Å². The summed E-state index contributed by atoms with van der Waals surface area (Å²) >= 11 is 0. The van der Waals surface area contributed by atoms with Gasteiger partial charge in [-0.25, -0.2) is 0 Å². The molecule has 0 heterocycles. The zero-order valence-corrected chi connectivity index (χ0v) is 21.1. The highest BCUT2D eigenvalue weighted by atomic mass is 16.3. The third-order valence-corrected chi connectivity index (χ3v) is 10.9. The second kappa shape index (κ2) is 7.93. The van der Waals surface area contributed by atoms with E-state index in [0.717, 1.165) is 24.2 Å². The molecule has 0 aromatic carbocycles.